The first-order chi connectivity index (χ1) is 9.65. The maximum Gasteiger partial charge on any atom is 0.241 e. The number of carbonyl (C=O) groups is 1. The third-order valence-corrected chi connectivity index (χ3v) is 4.73. The lowest BCUT2D eigenvalue weighted by Gasteiger charge is -2.30. The quantitative estimate of drug-likeness (QED) is 0.914. The van der Waals surface area contributed by atoms with E-state index in [1.807, 2.05) is 11.8 Å². The standard InChI is InChI=1S/C17H24N2O/c1-12-5-3-8-15(11-12)16-18-13(2)17(20)19(16)10-9-14-6-4-7-14/h3,5,8,11,13-14,16,18H,4,6-7,9-10H2,1-2H3. The van der Waals surface area contributed by atoms with Crippen LogP contribution in [-0.2, 0) is 4.79 Å². The molecule has 20 heavy (non-hydrogen) atoms. The molecule has 0 bridgehead atoms. The van der Waals surface area contributed by atoms with E-state index < -0.39 is 0 Å². The normalized spacial score (nSPS) is 26.9. The molecule has 1 N–H and O–H groups in total. The summed E-state index contributed by atoms with van der Waals surface area (Å²) in [6.45, 7) is 4.95. The number of hydrogen-bond donors (Lipinski definition) is 1. The van der Waals surface area contributed by atoms with Gasteiger partial charge in [-0.15, -0.1) is 0 Å². The number of benzene rings is 1. The van der Waals surface area contributed by atoms with Crippen LogP contribution in [0.25, 0.3) is 0 Å². The van der Waals surface area contributed by atoms with Crippen molar-refractivity contribution < 1.29 is 4.79 Å². The van der Waals surface area contributed by atoms with Crippen LogP contribution in [0.3, 0.4) is 0 Å². The third kappa shape index (κ3) is 2.59. The maximum absolute atomic E-state index is 12.4. The summed E-state index contributed by atoms with van der Waals surface area (Å²) in [5.74, 6) is 1.09. The lowest BCUT2D eigenvalue weighted by molar-refractivity contribution is -0.130. The largest absolute Gasteiger partial charge is 0.322 e. The van der Waals surface area contributed by atoms with E-state index in [2.05, 4.69) is 36.5 Å². The fourth-order valence-corrected chi connectivity index (χ4v) is 3.23. The minimum Gasteiger partial charge on any atom is -0.322 e. The van der Waals surface area contributed by atoms with Crippen LogP contribution in [0.5, 0.6) is 0 Å². The Kier molecular flexibility index (Phi) is 3.79. The van der Waals surface area contributed by atoms with Crippen molar-refractivity contribution in [1.29, 1.82) is 0 Å². The average Bonchev–Trinajstić information content (AvgIpc) is 2.65. The van der Waals surface area contributed by atoms with Gasteiger partial charge in [-0.25, -0.2) is 0 Å². The Morgan fingerprint density at radius 3 is 2.80 bits per heavy atom. The van der Waals surface area contributed by atoms with E-state index in [4.69, 9.17) is 0 Å². The van der Waals surface area contributed by atoms with Crippen molar-refractivity contribution in [1.82, 2.24) is 10.2 Å². The molecule has 1 aliphatic heterocycles. The Balaban J connectivity index is 1.74. The van der Waals surface area contributed by atoms with Gasteiger partial charge in [0.2, 0.25) is 5.91 Å². The van der Waals surface area contributed by atoms with Crippen LogP contribution in [-0.4, -0.2) is 23.4 Å². The van der Waals surface area contributed by atoms with Crippen molar-refractivity contribution in [2.45, 2.75) is 51.7 Å². The highest BCUT2D eigenvalue weighted by molar-refractivity contribution is 5.84. The van der Waals surface area contributed by atoms with Gasteiger partial charge in [-0.2, -0.15) is 0 Å². The van der Waals surface area contributed by atoms with E-state index in [9.17, 15) is 4.79 Å². The molecule has 2 fully saturated rings. The second-order valence-corrected chi connectivity index (χ2v) is 6.32. The molecule has 1 amide bonds. The van der Waals surface area contributed by atoms with E-state index in [1.165, 1.54) is 30.4 Å². The number of nitrogens with zero attached hydrogens (tertiary/aromatic N) is 1. The summed E-state index contributed by atoms with van der Waals surface area (Å²) in [5.41, 5.74) is 2.45. The summed E-state index contributed by atoms with van der Waals surface area (Å²) in [5, 5.41) is 3.43. The Labute approximate surface area is 121 Å². The van der Waals surface area contributed by atoms with Crippen LogP contribution in [0, 0.1) is 12.8 Å². The van der Waals surface area contributed by atoms with Crippen molar-refractivity contribution in [3.8, 4) is 0 Å². The molecule has 2 unspecified atom stereocenters. The van der Waals surface area contributed by atoms with Crippen molar-refractivity contribution in [3.05, 3.63) is 35.4 Å². The Hall–Kier alpha value is -1.35. The highest BCUT2D eigenvalue weighted by Gasteiger charge is 2.37. The molecule has 1 saturated heterocycles. The number of nitrogens with one attached hydrogen (secondary N) is 1. The molecule has 2 aliphatic rings. The molecule has 0 aromatic heterocycles. The van der Waals surface area contributed by atoms with Crippen molar-refractivity contribution in [3.63, 3.8) is 0 Å². The van der Waals surface area contributed by atoms with Crippen LogP contribution in [0.4, 0.5) is 0 Å². The van der Waals surface area contributed by atoms with Gasteiger partial charge in [-0.3, -0.25) is 10.1 Å². The van der Waals surface area contributed by atoms with Gasteiger partial charge in [0.25, 0.3) is 0 Å². The third-order valence-electron chi connectivity index (χ3n) is 4.73. The van der Waals surface area contributed by atoms with Crippen LogP contribution in [0.1, 0.15) is 49.9 Å². The first kappa shape index (κ1) is 13.6. The van der Waals surface area contributed by atoms with Gasteiger partial charge in [0, 0.05) is 6.54 Å². The molecule has 1 heterocycles. The molecule has 1 aromatic carbocycles. The summed E-state index contributed by atoms with van der Waals surface area (Å²) in [4.78, 5) is 14.4. The summed E-state index contributed by atoms with van der Waals surface area (Å²) < 4.78 is 0. The minimum atomic E-state index is -0.0677. The van der Waals surface area contributed by atoms with E-state index in [1.54, 1.807) is 0 Å². The smallest absolute Gasteiger partial charge is 0.241 e. The van der Waals surface area contributed by atoms with E-state index in [0.717, 1.165) is 18.9 Å². The SMILES string of the molecule is Cc1cccc(C2NC(C)C(=O)N2CCC2CCC2)c1. The van der Waals surface area contributed by atoms with E-state index >= 15 is 0 Å². The summed E-state index contributed by atoms with van der Waals surface area (Å²) in [7, 11) is 0. The van der Waals surface area contributed by atoms with Crippen molar-refractivity contribution in [2.24, 2.45) is 5.92 Å². The van der Waals surface area contributed by atoms with Gasteiger partial charge in [0.1, 0.15) is 6.17 Å². The average molecular weight is 272 g/mol. The predicted molar refractivity (Wildman–Crippen MR) is 80.2 cm³/mol. The summed E-state index contributed by atoms with van der Waals surface area (Å²) in [6.07, 6.45) is 5.27. The monoisotopic (exact) mass is 272 g/mol. The van der Waals surface area contributed by atoms with Gasteiger partial charge in [0.15, 0.2) is 0 Å². The fourth-order valence-electron chi connectivity index (χ4n) is 3.23. The van der Waals surface area contributed by atoms with E-state index in [0.29, 0.717) is 0 Å². The molecule has 3 nitrogen and oxygen atoms in total. The first-order valence-electron chi connectivity index (χ1n) is 7.78. The maximum atomic E-state index is 12.4. The summed E-state index contributed by atoms with van der Waals surface area (Å²) >= 11 is 0. The Morgan fingerprint density at radius 2 is 2.15 bits per heavy atom. The van der Waals surface area contributed by atoms with E-state index in [-0.39, 0.29) is 18.1 Å². The van der Waals surface area contributed by atoms with Crippen LogP contribution in [0.15, 0.2) is 24.3 Å². The number of amides is 1. The van der Waals surface area contributed by atoms with Gasteiger partial charge in [-0.05, 0) is 31.7 Å². The van der Waals surface area contributed by atoms with Gasteiger partial charge < -0.3 is 4.90 Å². The molecule has 0 spiro atoms. The van der Waals surface area contributed by atoms with Crippen molar-refractivity contribution in [2.75, 3.05) is 6.54 Å². The zero-order chi connectivity index (χ0) is 14.1. The molecule has 1 aromatic rings. The second-order valence-electron chi connectivity index (χ2n) is 6.32. The Bertz CT molecular complexity index is 496. The first-order valence-corrected chi connectivity index (χ1v) is 7.78. The topological polar surface area (TPSA) is 32.3 Å². The highest BCUT2D eigenvalue weighted by atomic mass is 16.2. The lowest BCUT2D eigenvalue weighted by Crippen LogP contribution is -2.33. The van der Waals surface area contributed by atoms with Gasteiger partial charge in [0.05, 0.1) is 6.04 Å². The van der Waals surface area contributed by atoms with Crippen LogP contribution < -0.4 is 5.32 Å². The molecular weight excluding hydrogens is 248 g/mol. The molecule has 3 rings (SSSR count). The predicted octanol–water partition coefficient (Wildman–Crippen LogP) is 3.00. The number of rotatable bonds is 4. The molecule has 108 valence electrons. The van der Waals surface area contributed by atoms with Crippen LogP contribution in [0.2, 0.25) is 0 Å². The minimum absolute atomic E-state index is 0.0532. The molecule has 0 radical (unpaired) electrons. The fraction of sp³-hybridized carbons (Fsp3) is 0.588. The van der Waals surface area contributed by atoms with Crippen molar-refractivity contribution >= 4 is 5.91 Å². The molecular formula is C17H24N2O. The summed E-state index contributed by atoms with van der Waals surface area (Å²) in [6, 6.07) is 8.40. The second kappa shape index (κ2) is 5.57. The molecule has 1 saturated carbocycles. The lowest BCUT2D eigenvalue weighted by atomic mass is 9.83. The molecule has 3 heteroatoms. The van der Waals surface area contributed by atoms with Gasteiger partial charge in [-0.1, -0.05) is 49.1 Å². The highest BCUT2D eigenvalue weighted by Crippen LogP contribution is 2.32. The van der Waals surface area contributed by atoms with Crippen LogP contribution >= 0.6 is 0 Å². The molecule has 1 aliphatic carbocycles. The Morgan fingerprint density at radius 1 is 1.35 bits per heavy atom. The number of hydrogen-bond acceptors (Lipinski definition) is 2. The van der Waals surface area contributed by atoms with Gasteiger partial charge >= 0.3 is 0 Å². The molecule has 2 atom stereocenters. The zero-order valence-electron chi connectivity index (χ0n) is 12.4. The number of aryl methyl sites for hydroxylation is 1. The number of carbonyl (C=O) groups excluding carboxylic acids is 1. The zero-order valence-corrected chi connectivity index (χ0v) is 12.4.